The summed E-state index contributed by atoms with van der Waals surface area (Å²) in [6.07, 6.45) is 8.54. The number of hydrogen-bond donors (Lipinski definition) is 0. The van der Waals surface area contributed by atoms with Crippen LogP contribution in [0.5, 0.6) is 11.5 Å². The van der Waals surface area contributed by atoms with Crippen molar-refractivity contribution in [3.05, 3.63) is 228 Å². The van der Waals surface area contributed by atoms with Crippen LogP contribution in [0.15, 0.2) is 194 Å². The van der Waals surface area contributed by atoms with Crippen LogP contribution in [-0.2, 0) is 0 Å². The van der Waals surface area contributed by atoms with Gasteiger partial charge >= 0.3 is 0 Å². The van der Waals surface area contributed by atoms with E-state index in [1.54, 1.807) is 14.2 Å². The Labute approximate surface area is 354 Å². The van der Waals surface area contributed by atoms with E-state index in [1.807, 2.05) is 24.3 Å². The van der Waals surface area contributed by atoms with Crippen LogP contribution in [0.4, 0.5) is 34.1 Å². The minimum Gasteiger partial charge on any atom is -0.497 e. The van der Waals surface area contributed by atoms with Gasteiger partial charge in [-0.15, -0.1) is 0 Å². The molecule has 0 fully saturated rings. The van der Waals surface area contributed by atoms with Crippen molar-refractivity contribution < 1.29 is 9.47 Å². The van der Waals surface area contributed by atoms with Gasteiger partial charge in [0.2, 0.25) is 0 Å². The van der Waals surface area contributed by atoms with E-state index in [0.717, 1.165) is 67.9 Å². The summed E-state index contributed by atoms with van der Waals surface area (Å²) < 4.78 is 10.6. The second-order valence-corrected chi connectivity index (χ2v) is 14.7. The van der Waals surface area contributed by atoms with Gasteiger partial charge in [-0.1, -0.05) is 121 Å². The molecule has 294 valence electrons. The molecule has 60 heavy (non-hydrogen) atoms. The molecule has 0 unspecified atom stereocenters. The first-order valence-corrected chi connectivity index (χ1v) is 20.2. The number of hydrogen-bond acceptors (Lipinski definition) is 4. The zero-order valence-corrected chi connectivity index (χ0v) is 34.5. The Morgan fingerprint density at radius 3 is 0.933 bits per heavy atom. The van der Waals surface area contributed by atoms with Gasteiger partial charge in [0.05, 0.1) is 14.2 Å². The van der Waals surface area contributed by atoms with Crippen molar-refractivity contribution in [1.29, 1.82) is 0 Å². The molecule has 0 aromatic heterocycles. The van der Waals surface area contributed by atoms with Crippen molar-refractivity contribution in [3.8, 4) is 22.6 Å². The summed E-state index contributed by atoms with van der Waals surface area (Å²) in [6, 6.07) is 68.4. The molecule has 0 saturated carbocycles. The second-order valence-electron chi connectivity index (χ2n) is 14.7. The Morgan fingerprint density at radius 2 is 0.633 bits per heavy atom. The fourth-order valence-electron chi connectivity index (χ4n) is 7.46. The largest absolute Gasteiger partial charge is 0.497 e. The van der Waals surface area contributed by atoms with Gasteiger partial charge < -0.3 is 19.3 Å². The summed E-state index contributed by atoms with van der Waals surface area (Å²) in [5.41, 5.74) is 15.9. The zero-order valence-electron chi connectivity index (χ0n) is 34.5. The van der Waals surface area contributed by atoms with Crippen LogP contribution in [0.1, 0.15) is 33.4 Å². The van der Waals surface area contributed by atoms with Crippen LogP contribution >= 0.6 is 0 Å². The molecule has 0 aliphatic heterocycles. The summed E-state index contributed by atoms with van der Waals surface area (Å²) in [4.78, 5) is 4.67. The molecule has 0 heterocycles. The van der Waals surface area contributed by atoms with Crippen molar-refractivity contribution >= 4 is 58.4 Å². The standard InChI is InChI=1S/C56H48N2O2/c1-41-39-47(27-37-55(41)57(49-11-7-5-8-12-49)51-29-19-43(20-30-51)15-17-45-23-33-53(59-3)34-24-45)48-28-38-56(42(2)40-48)58(50-13-9-6-10-14-50)52-31-21-44(22-32-52)16-18-46-25-35-54(60-4)36-26-46/h5-40H,1-4H3/b17-15+,18-16+. The lowest BCUT2D eigenvalue weighted by Gasteiger charge is -2.28. The lowest BCUT2D eigenvalue weighted by molar-refractivity contribution is 0.414. The number of nitrogens with zero attached hydrogens (tertiary/aromatic N) is 2. The van der Waals surface area contributed by atoms with Crippen LogP contribution in [0.25, 0.3) is 35.4 Å². The topological polar surface area (TPSA) is 24.9 Å². The highest BCUT2D eigenvalue weighted by molar-refractivity contribution is 5.84. The van der Waals surface area contributed by atoms with Crippen LogP contribution in [0.3, 0.4) is 0 Å². The number of anilines is 6. The Hall–Kier alpha value is -7.56. The Balaban J connectivity index is 1.05. The van der Waals surface area contributed by atoms with Gasteiger partial charge in [0.25, 0.3) is 0 Å². The van der Waals surface area contributed by atoms with Crippen molar-refractivity contribution in [1.82, 2.24) is 0 Å². The maximum absolute atomic E-state index is 5.31. The van der Waals surface area contributed by atoms with Crippen LogP contribution < -0.4 is 19.3 Å². The summed E-state index contributed by atoms with van der Waals surface area (Å²) in [7, 11) is 3.37. The van der Waals surface area contributed by atoms with E-state index in [-0.39, 0.29) is 0 Å². The van der Waals surface area contributed by atoms with Crippen molar-refractivity contribution in [2.45, 2.75) is 13.8 Å². The van der Waals surface area contributed by atoms with Gasteiger partial charge in [-0.2, -0.15) is 0 Å². The molecule has 8 aromatic carbocycles. The van der Waals surface area contributed by atoms with Crippen molar-refractivity contribution in [3.63, 3.8) is 0 Å². The molecule has 0 N–H and O–H groups in total. The third-order valence-corrected chi connectivity index (χ3v) is 10.7. The van der Waals surface area contributed by atoms with E-state index < -0.39 is 0 Å². The Bertz CT molecular complexity index is 2510. The molecule has 0 bridgehead atoms. The number of methoxy groups -OCH3 is 2. The number of para-hydroxylation sites is 2. The maximum Gasteiger partial charge on any atom is 0.118 e. The fourth-order valence-corrected chi connectivity index (χ4v) is 7.46. The number of ether oxygens (including phenoxy) is 2. The summed E-state index contributed by atoms with van der Waals surface area (Å²) in [5, 5.41) is 0. The summed E-state index contributed by atoms with van der Waals surface area (Å²) >= 11 is 0. The number of benzene rings is 8. The molecular weight excluding hydrogens is 733 g/mol. The van der Waals surface area contributed by atoms with Gasteiger partial charge in [0, 0.05) is 34.1 Å². The molecular formula is C56H48N2O2. The molecule has 4 nitrogen and oxygen atoms in total. The molecule has 0 aliphatic carbocycles. The molecule has 0 amide bonds. The molecule has 4 heteroatoms. The smallest absolute Gasteiger partial charge is 0.118 e. The molecule has 8 rings (SSSR count). The van der Waals surface area contributed by atoms with Gasteiger partial charge in [-0.25, -0.2) is 0 Å². The average molecular weight is 781 g/mol. The highest BCUT2D eigenvalue weighted by atomic mass is 16.5. The van der Waals surface area contributed by atoms with E-state index in [2.05, 4.69) is 218 Å². The maximum atomic E-state index is 5.31. The molecule has 0 aliphatic rings. The highest BCUT2D eigenvalue weighted by Gasteiger charge is 2.18. The van der Waals surface area contributed by atoms with E-state index in [1.165, 1.54) is 22.3 Å². The summed E-state index contributed by atoms with van der Waals surface area (Å²) in [6.45, 7) is 4.41. The normalized spacial score (nSPS) is 11.2. The van der Waals surface area contributed by atoms with Crippen LogP contribution in [0, 0.1) is 13.8 Å². The second kappa shape index (κ2) is 18.4. The lowest BCUT2D eigenvalue weighted by atomic mass is 9.98. The first-order valence-electron chi connectivity index (χ1n) is 20.2. The fraction of sp³-hybridized carbons (Fsp3) is 0.0714. The first kappa shape index (κ1) is 39.3. The SMILES string of the molecule is COc1ccc(/C=C/c2ccc(N(c3ccccc3)c3ccc(-c4ccc(N(c5ccccc5)c5ccc(/C=C/c6ccc(OC)cc6)cc5)c(C)c4)cc3C)cc2)cc1. The minimum atomic E-state index is 0.855. The number of aryl methyl sites for hydroxylation is 2. The average Bonchev–Trinajstić information content (AvgIpc) is 3.30. The summed E-state index contributed by atoms with van der Waals surface area (Å²) in [5.74, 6) is 1.71. The monoisotopic (exact) mass is 780 g/mol. The Morgan fingerprint density at radius 1 is 0.333 bits per heavy atom. The third-order valence-electron chi connectivity index (χ3n) is 10.7. The van der Waals surface area contributed by atoms with Crippen molar-refractivity contribution in [2.75, 3.05) is 24.0 Å². The number of rotatable bonds is 13. The van der Waals surface area contributed by atoms with E-state index in [0.29, 0.717) is 0 Å². The molecule has 0 radical (unpaired) electrons. The quantitative estimate of drug-likeness (QED) is 0.109. The van der Waals surface area contributed by atoms with Gasteiger partial charge in [-0.05, 0) is 155 Å². The molecule has 0 atom stereocenters. The molecule has 0 saturated heterocycles. The van der Waals surface area contributed by atoms with E-state index in [9.17, 15) is 0 Å². The van der Waals surface area contributed by atoms with Crippen LogP contribution in [0.2, 0.25) is 0 Å². The highest BCUT2D eigenvalue weighted by Crippen LogP contribution is 2.41. The minimum absolute atomic E-state index is 0.855. The molecule has 8 aromatic rings. The first-order chi connectivity index (χ1) is 29.4. The van der Waals surface area contributed by atoms with E-state index >= 15 is 0 Å². The third kappa shape index (κ3) is 9.09. The predicted molar refractivity (Wildman–Crippen MR) is 255 cm³/mol. The predicted octanol–water partition coefficient (Wildman–Crippen LogP) is 15.3. The van der Waals surface area contributed by atoms with Gasteiger partial charge in [-0.3, -0.25) is 0 Å². The molecule has 0 spiro atoms. The zero-order chi connectivity index (χ0) is 41.3. The lowest BCUT2D eigenvalue weighted by Crippen LogP contribution is -2.11. The van der Waals surface area contributed by atoms with Crippen LogP contribution in [-0.4, -0.2) is 14.2 Å². The van der Waals surface area contributed by atoms with Gasteiger partial charge in [0.1, 0.15) is 11.5 Å². The van der Waals surface area contributed by atoms with E-state index in [4.69, 9.17) is 9.47 Å². The Kier molecular flexibility index (Phi) is 12.0. The van der Waals surface area contributed by atoms with Gasteiger partial charge in [0.15, 0.2) is 0 Å². The van der Waals surface area contributed by atoms with Crippen molar-refractivity contribution in [2.24, 2.45) is 0 Å².